The molecule has 0 aromatic heterocycles. The first kappa shape index (κ1) is 15.5. The zero-order valence-corrected chi connectivity index (χ0v) is 12.6. The second-order valence-electron chi connectivity index (χ2n) is 6.35. The zero-order valence-electron chi connectivity index (χ0n) is 12.6. The lowest BCUT2D eigenvalue weighted by Crippen LogP contribution is -2.46. The largest absolute Gasteiger partial charge is 0.466 e. The Morgan fingerprint density at radius 2 is 1.89 bits per heavy atom. The van der Waals surface area contributed by atoms with E-state index in [2.05, 4.69) is 0 Å². The summed E-state index contributed by atoms with van der Waals surface area (Å²) in [5.41, 5.74) is -0.356. The maximum absolute atomic E-state index is 12.0. The summed E-state index contributed by atoms with van der Waals surface area (Å²) in [6.07, 6.45) is 1.37. The van der Waals surface area contributed by atoms with Gasteiger partial charge >= 0.3 is 12.1 Å². The molecule has 0 saturated carbocycles. The van der Waals surface area contributed by atoms with Crippen molar-refractivity contribution in [2.24, 2.45) is 5.41 Å². The van der Waals surface area contributed by atoms with Crippen LogP contribution in [0.2, 0.25) is 0 Å². The third kappa shape index (κ3) is 3.98. The van der Waals surface area contributed by atoms with Crippen molar-refractivity contribution in [3.63, 3.8) is 0 Å². The van der Waals surface area contributed by atoms with E-state index in [4.69, 9.17) is 9.47 Å². The van der Waals surface area contributed by atoms with E-state index in [1.54, 1.807) is 11.0 Å². The predicted octanol–water partition coefficient (Wildman–Crippen LogP) is 2.36. The van der Waals surface area contributed by atoms with Gasteiger partial charge in [0.15, 0.2) is 0 Å². The van der Waals surface area contributed by atoms with E-state index >= 15 is 0 Å². The summed E-state index contributed by atoms with van der Waals surface area (Å²) in [6, 6.07) is 0. The van der Waals surface area contributed by atoms with Gasteiger partial charge < -0.3 is 14.4 Å². The van der Waals surface area contributed by atoms with E-state index in [0.29, 0.717) is 18.7 Å². The first-order chi connectivity index (χ1) is 8.57. The van der Waals surface area contributed by atoms with Crippen LogP contribution >= 0.6 is 0 Å². The van der Waals surface area contributed by atoms with Crippen LogP contribution in [-0.4, -0.2) is 42.8 Å². The summed E-state index contributed by atoms with van der Waals surface area (Å²) >= 11 is 0. The second kappa shape index (κ2) is 5.23. The molecule has 0 spiro atoms. The maximum Gasteiger partial charge on any atom is 0.410 e. The van der Waals surface area contributed by atoms with E-state index in [0.717, 1.165) is 0 Å². The van der Waals surface area contributed by atoms with Crippen molar-refractivity contribution in [2.45, 2.75) is 40.2 Å². The minimum absolute atomic E-state index is 0.339. The Bertz CT molecular complexity index is 404. The van der Waals surface area contributed by atoms with Gasteiger partial charge in [0.25, 0.3) is 0 Å². The fourth-order valence-corrected chi connectivity index (χ4v) is 2.04. The van der Waals surface area contributed by atoms with Gasteiger partial charge in [-0.3, -0.25) is 0 Å². The second-order valence-corrected chi connectivity index (χ2v) is 6.35. The fourth-order valence-electron chi connectivity index (χ4n) is 2.04. The van der Waals surface area contributed by atoms with Crippen molar-refractivity contribution in [1.29, 1.82) is 0 Å². The van der Waals surface area contributed by atoms with Gasteiger partial charge in [-0.1, -0.05) is 19.9 Å². The van der Waals surface area contributed by atoms with Crippen molar-refractivity contribution in [2.75, 3.05) is 20.2 Å². The highest BCUT2D eigenvalue weighted by Gasteiger charge is 2.37. The van der Waals surface area contributed by atoms with Gasteiger partial charge in [0, 0.05) is 24.1 Å². The van der Waals surface area contributed by atoms with Crippen molar-refractivity contribution >= 4 is 12.1 Å². The maximum atomic E-state index is 12.0. The van der Waals surface area contributed by atoms with Crippen LogP contribution in [0.3, 0.4) is 0 Å². The molecule has 1 aliphatic rings. The lowest BCUT2D eigenvalue weighted by Gasteiger charge is -2.37. The third-order valence-corrected chi connectivity index (χ3v) is 2.89. The standard InChI is InChI=1S/C14H23NO4/c1-13(2,3)19-12(17)15-8-7-10(11(16)18-6)14(4,5)9-15/h7H,8-9H2,1-6H3. The van der Waals surface area contributed by atoms with E-state index in [1.165, 1.54) is 7.11 Å². The highest BCUT2D eigenvalue weighted by Crippen LogP contribution is 2.32. The van der Waals surface area contributed by atoms with Crippen LogP contribution in [0.4, 0.5) is 4.79 Å². The minimum Gasteiger partial charge on any atom is -0.466 e. The average Bonchev–Trinajstić information content (AvgIpc) is 2.24. The number of carbonyl (C=O) groups is 2. The summed E-state index contributed by atoms with van der Waals surface area (Å²) in [7, 11) is 1.36. The molecule has 19 heavy (non-hydrogen) atoms. The third-order valence-electron chi connectivity index (χ3n) is 2.89. The smallest absolute Gasteiger partial charge is 0.410 e. The monoisotopic (exact) mass is 269 g/mol. The Labute approximate surface area is 114 Å². The number of carbonyl (C=O) groups excluding carboxylic acids is 2. The fraction of sp³-hybridized carbons (Fsp3) is 0.714. The van der Waals surface area contributed by atoms with Gasteiger partial charge in [0.2, 0.25) is 0 Å². The molecule has 0 aromatic rings. The van der Waals surface area contributed by atoms with Crippen molar-refractivity contribution in [3.8, 4) is 0 Å². The highest BCUT2D eigenvalue weighted by atomic mass is 16.6. The molecule has 0 saturated heterocycles. The molecule has 108 valence electrons. The molecule has 0 aliphatic carbocycles. The molecule has 1 amide bonds. The molecule has 5 heteroatoms. The van der Waals surface area contributed by atoms with Crippen LogP contribution in [0, 0.1) is 5.41 Å². The summed E-state index contributed by atoms with van der Waals surface area (Å²) < 4.78 is 10.1. The lowest BCUT2D eigenvalue weighted by atomic mass is 9.81. The number of amides is 1. The van der Waals surface area contributed by atoms with E-state index in [-0.39, 0.29) is 12.1 Å². The van der Waals surface area contributed by atoms with Crippen LogP contribution in [0.5, 0.6) is 0 Å². The van der Waals surface area contributed by atoms with Crippen molar-refractivity contribution in [1.82, 2.24) is 4.90 Å². The van der Waals surface area contributed by atoms with Gasteiger partial charge in [0.1, 0.15) is 5.60 Å². The quantitative estimate of drug-likeness (QED) is 0.686. The molecule has 5 nitrogen and oxygen atoms in total. The van der Waals surface area contributed by atoms with Gasteiger partial charge in [-0.2, -0.15) is 0 Å². The summed E-state index contributed by atoms with van der Waals surface area (Å²) in [5.74, 6) is -0.339. The molecule has 0 aromatic carbocycles. The van der Waals surface area contributed by atoms with Crippen molar-refractivity contribution in [3.05, 3.63) is 11.6 Å². The number of ether oxygens (including phenoxy) is 2. The van der Waals surface area contributed by atoms with Gasteiger partial charge in [0.05, 0.1) is 7.11 Å². The average molecular weight is 269 g/mol. The van der Waals surface area contributed by atoms with Crippen LogP contribution in [0.1, 0.15) is 34.6 Å². The highest BCUT2D eigenvalue weighted by molar-refractivity contribution is 5.90. The van der Waals surface area contributed by atoms with Crippen molar-refractivity contribution < 1.29 is 19.1 Å². The predicted molar refractivity (Wildman–Crippen MR) is 71.7 cm³/mol. The molecule has 1 rings (SSSR count). The van der Waals surface area contributed by atoms with Gasteiger partial charge in [-0.15, -0.1) is 0 Å². The number of hydrogen-bond acceptors (Lipinski definition) is 4. The summed E-state index contributed by atoms with van der Waals surface area (Å²) in [5, 5.41) is 0. The molecule has 0 bridgehead atoms. The minimum atomic E-state index is -0.520. The Balaban J connectivity index is 2.83. The zero-order chi connectivity index (χ0) is 14.8. The number of esters is 1. The molecule has 0 radical (unpaired) electrons. The van der Waals surface area contributed by atoms with Gasteiger partial charge in [-0.05, 0) is 20.8 Å². The lowest BCUT2D eigenvalue weighted by molar-refractivity contribution is -0.137. The van der Waals surface area contributed by atoms with Crippen LogP contribution in [0.25, 0.3) is 0 Å². The number of rotatable bonds is 1. The Morgan fingerprint density at radius 3 is 2.32 bits per heavy atom. The normalized spacial score (nSPS) is 18.6. The Morgan fingerprint density at radius 1 is 1.32 bits per heavy atom. The summed E-state index contributed by atoms with van der Waals surface area (Å²) in [6.45, 7) is 10.1. The van der Waals surface area contributed by atoms with Crippen LogP contribution < -0.4 is 0 Å². The first-order valence-corrected chi connectivity index (χ1v) is 6.34. The number of nitrogens with zero attached hydrogens (tertiary/aromatic N) is 1. The molecule has 0 N–H and O–H groups in total. The van der Waals surface area contributed by atoms with E-state index in [9.17, 15) is 9.59 Å². The molecular weight excluding hydrogens is 246 g/mol. The molecule has 0 fully saturated rings. The molecule has 0 unspecified atom stereocenters. The summed E-state index contributed by atoms with van der Waals surface area (Å²) in [4.78, 5) is 25.3. The molecule has 1 heterocycles. The Hall–Kier alpha value is -1.52. The molecular formula is C14H23NO4. The van der Waals surface area contributed by atoms with E-state index < -0.39 is 11.0 Å². The van der Waals surface area contributed by atoms with Crippen LogP contribution in [0.15, 0.2) is 11.6 Å². The van der Waals surface area contributed by atoms with Gasteiger partial charge in [-0.25, -0.2) is 9.59 Å². The number of hydrogen-bond donors (Lipinski definition) is 0. The van der Waals surface area contributed by atoms with E-state index in [1.807, 2.05) is 34.6 Å². The molecule has 0 atom stereocenters. The molecule has 1 aliphatic heterocycles. The van der Waals surface area contributed by atoms with Crippen LogP contribution in [-0.2, 0) is 14.3 Å². The SMILES string of the molecule is COC(=O)C1=CCN(C(=O)OC(C)(C)C)CC1(C)C. The Kier molecular flexibility index (Phi) is 4.28. The first-order valence-electron chi connectivity index (χ1n) is 6.34. The topological polar surface area (TPSA) is 55.8 Å². The number of methoxy groups -OCH3 is 1.